The highest BCUT2D eigenvalue weighted by Crippen LogP contribution is 2.30. The van der Waals surface area contributed by atoms with Crippen molar-refractivity contribution in [3.05, 3.63) is 78.1 Å². The Morgan fingerprint density at radius 1 is 0.969 bits per heavy atom. The van der Waals surface area contributed by atoms with Crippen LogP contribution in [0.1, 0.15) is 29.9 Å². The van der Waals surface area contributed by atoms with E-state index >= 15 is 0 Å². The number of amidine groups is 1. The smallest absolute Gasteiger partial charge is 0.285 e. The highest BCUT2D eigenvalue weighted by molar-refractivity contribution is 7.90. The first kappa shape index (κ1) is 20.6. The van der Waals surface area contributed by atoms with Gasteiger partial charge in [0.15, 0.2) is 5.84 Å². The van der Waals surface area contributed by atoms with Crippen molar-refractivity contribution in [3.8, 4) is 0 Å². The predicted molar refractivity (Wildman–Crippen MR) is 116 cm³/mol. The molecular formula is C23H23N3O5S. The molecule has 1 aromatic carbocycles. The van der Waals surface area contributed by atoms with Gasteiger partial charge in [-0.3, -0.25) is 4.79 Å². The summed E-state index contributed by atoms with van der Waals surface area (Å²) in [6, 6.07) is 14.2. The number of piperidine rings is 1. The lowest BCUT2D eigenvalue weighted by molar-refractivity contribution is -0.138. The molecule has 166 valence electrons. The zero-order valence-corrected chi connectivity index (χ0v) is 18.2. The van der Waals surface area contributed by atoms with Crippen LogP contribution in [0.25, 0.3) is 0 Å². The van der Waals surface area contributed by atoms with Gasteiger partial charge in [0.05, 0.1) is 25.6 Å². The third-order valence-electron chi connectivity index (χ3n) is 5.92. The van der Waals surface area contributed by atoms with E-state index in [1.807, 2.05) is 23.1 Å². The summed E-state index contributed by atoms with van der Waals surface area (Å²) in [6.07, 6.45) is 4.43. The van der Waals surface area contributed by atoms with Crippen molar-refractivity contribution in [2.75, 3.05) is 13.1 Å². The first-order valence-corrected chi connectivity index (χ1v) is 12.0. The molecule has 1 fully saturated rings. The van der Waals surface area contributed by atoms with E-state index < -0.39 is 10.0 Å². The van der Waals surface area contributed by atoms with Crippen LogP contribution in [0, 0.1) is 5.92 Å². The summed E-state index contributed by atoms with van der Waals surface area (Å²) < 4.78 is 39.7. The largest absolute Gasteiger partial charge is 0.467 e. The fourth-order valence-electron chi connectivity index (χ4n) is 4.31. The van der Waals surface area contributed by atoms with E-state index in [2.05, 4.69) is 4.40 Å². The highest BCUT2D eigenvalue weighted by atomic mass is 32.2. The molecule has 0 atom stereocenters. The van der Waals surface area contributed by atoms with E-state index in [1.165, 1.54) is 0 Å². The first-order chi connectivity index (χ1) is 15.5. The SMILES string of the molecule is O=C(C1CCN(C2=NS(=O)(=O)c3ccccc32)CC1)N(Cc1ccco1)Cc1ccco1. The molecule has 2 aromatic heterocycles. The zero-order valence-electron chi connectivity index (χ0n) is 17.4. The Balaban J connectivity index is 1.29. The highest BCUT2D eigenvalue weighted by Gasteiger charge is 2.35. The van der Waals surface area contributed by atoms with Gasteiger partial charge in [-0.15, -0.1) is 4.40 Å². The van der Waals surface area contributed by atoms with Gasteiger partial charge in [-0.05, 0) is 49.2 Å². The average Bonchev–Trinajstić information content (AvgIpc) is 3.55. The molecule has 0 saturated carbocycles. The van der Waals surface area contributed by atoms with Gasteiger partial charge in [-0.1, -0.05) is 12.1 Å². The number of benzene rings is 1. The van der Waals surface area contributed by atoms with Crippen LogP contribution in [0.15, 0.2) is 79.2 Å². The molecule has 0 spiro atoms. The zero-order chi connectivity index (χ0) is 22.1. The van der Waals surface area contributed by atoms with E-state index in [9.17, 15) is 13.2 Å². The summed E-state index contributed by atoms with van der Waals surface area (Å²) in [6.45, 7) is 1.86. The number of hydrogen-bond donors (Lipinski definition) is 0. The van der Waals surface area contributed by atoms with Crippen LogP contribution in [0.2, 0.25) is 0 Å². The van der Waals surface area contributed by atoms with Crippen molar-refractivity contribution >= 4 is 21.8 Å². The number of likely N-dealkylation sites (tertiary alicyclic amines) is 1. The minimum Gasteiger partial charge on any atom is -0.467 e. The molecule has 2 aliphatic heterocycles. The molecule has 0 radical (unpaired) electrons. The number of carbonyl (C=O) groups is 1. The Hall–Kier alpha value is -3.33. The van der Waals surface area contributed by atoms with E-state index in [1.54, 1.807) is 47.8 Å². The second kappa shape index (κ2) is 8.31. The molecule has 9 heteroatoms. The Morgan fingerprint density at radius 2 is 1.59 bits per heavy atom. The van der Waals surface area contributed by atoms with Crippen LogP contribution in [0.4, 0.5) is 0 Å². The lowest BCUT2D eigenvalue weighted by Crippen LogP contribution is -2.44. The molecule has 1 amide bonds. The number of sulfonamides is 1. The molecule has 3 aromatic rings. The van der Waals surface area contributed by atoms with Gasteiger partial charge in [0.2, 0.25) is 5.91 Å². The fraction of sp³-hybridized carbons (Fsp3) is 0.304. The predicted octanol–water partition coefficient (Wildman–Crippen LogP) is 3.26. The van der Waals surface area contributed by atoms with Crippen molar-refractivity contribution in [1.82, 2.24) is 9.80 Å². The van der Waals surface area contributed by atoms with Crippen LogP contribution in [-0.2, 0) is 27.9 Å². The van der Waals surface area contributed by atoms with Gasteiger partial charge in [0, 0.05) is 24.6 Å². The van der Waals surface area contributed by atoms with Gasteiger partial charge >= 0.3 is 0 Å². The quantitative estimate of drug-likeness (QED) is 0.588. The van der Waals surface area contributed by atoms with Crippen LogP contribution >= 0.6 is 0 Å². The number of carbonyl (C=O) groups excluding carboxylic acids is 1. The monoisotopic (exact) mass is 453 g/mol. The molecule has 1 saturated heterocycles. The first-order valence-electron chi connectivity index (χ1n) is 10.5. The normalized spacial score (nSPS) is 17.8. The van der Waals surface area contributed by atoms with Gasteiger partial charge in [0.1, 0.15) is 16.4 Å². The molecule has 5 rings (SSSR count). The number of rotatable bonds is 5. The summed E-state index contributed by atoms with van der Waals surface area (Å²) >= 11 is 0. The minimum atomic E-state index is -3.66. The molecule has 0 unspecified atom stereocenters. The van der Waals surface area contributed by atoms with Gasteiger partial charge < -0.3 is 18.6 Å². The summed E-state index contributed by atoms with van der Waals surface area (Å²) in [7, 11) is -3.66. The average molecular weight is 454 g/mol. The second-order valence-corrected chi connectivity index (χ2v) is 9.57. The summed E-state index contributed by atoms with van der Waals surface area (Å²) in [4.78, 5) is 17.3. The third kappa shape index (κ3) is 3.95. The van der Waals surface area contributed by atoms with E-state index in [0.29, 0.717) is 61.9 Å². The lowest BCUT2D eigenvalue weighted by atomic mass is 9.94. The molecule has 0 aliphatic carbocycles. The minimum absolute atomic E-state index is 0.0406. The maximum absolute atomic E-state index is 13.4. The van der Waals surface area contributed by atoms with Gasteiger partial charge in [0.25, 0.3) is 10.0 Å². The second-order valence-electron chi connectivity index (χ2n) is 8.00. The summed E-state index contributed by atoms with van der Waals surface area (Å²) in [5.41, 5.74) is 0.634. The third-order valence-corrected chi connectivity index (χ3v) is 7.25. The number of fused-ring (bicyclic) bond motifs is 1. The van der Waals surface area contributed by atoms with E-state index in [4.69, 9.17) is 8.83 Å². The molecular weight excluding hydrogens is 430 g/mol. The van der Waals surface area contributed by atoms with E-state index in [0.717, 1.165) is 0 Å². The van der Waals surface area contributed by atoms with Gasteiger partial charge in [-0.25, -0.2) is 0 Å². The maximum atomic E-state index is 13.4. The fourth-order valence-corrected chi connectivity index (χ4v) is 5.53. The number of hydrogen-bond acceptors (Lipinski definition) is 6. The Bertz CT molecular complexity index is 1190. The Morgan fingerprint density at radius 3 is 2.19 bits per heavy atom. The molecule has 2 aliphatic rings. The van der Waals surface area contributed by atoms with Crippen molar-refractivity contribution in [2.24, 2.45) is 10.3 Å². The summed E-state index contributed by atoms with van der Waals surface area (Å²) in [5.74, 6) is 1.78. The Labute approximate surface area is 186 Å². The number of amides is 1. The number of furan rings is 2. The van der Waals surface area contributed by atoms with Crippen molar-refractivity contribution in [3.63, 3.8) is 0 Å². The van der Waals surface area contributed by atoms with Crippen molar-refractivity contribution in [2.45, 2.75) is 30.8 Å². The van der Waals surface area contributed by atoms with Crippen LogP contribution in [0.5, 0.6) is 0 Å². The summed E-state index contributed by atoms with van der Waals surface area (Å²) in [5, 5.41) is 0. The molecule has 4 heterocycles. The molecule has 8 nitrogen and oxygen atoms in total. The maximum Gasteiger partial charge on any atom is 0.285 e. The van der Waals surface area contributed by atoms with Crippen LogP contribution < -0.4 is 0 Å². The molecule has 0 bridgehead atoms. The van der Waals surface area contributed by atoms with Crippen molar-refractivity contribution < 1.29 is 22.0 Å². The Kier molecular flexibility index (Phi) is 5.34. The van der Waals surface area contributed by atoms with Crippen molar-refractivity contribution in [1.29, 1.82) is 0 Å². The van der Waals surface area contributed by atoms with Gasteiger partial charge in [-0.2, -0.15) is 8.42 Å². The molecule has 0 N–H and O–H groups in total. The van der Waals surface area contributed by atoms with Crippen LogP contribution in [-0.4, -0.2) is 43.0 Å². The molecule has 32 heavy (non-hydrogen) atoms. The van der Waals surface area contributed by atoms with Crippen LogP contribution in [0.3, 0.4) is 0 Å². The standard InChI is InChI=1S/C23H23N3O5S/c27-23(26(15-18-5-3-13-30-18)16-19-6-4-14-31-19)17-9-11-25(12-10-17)22-20-7-1-2-8-21(20)32(28,29)24-22/h1-8,13-14,17H,9-12,15-16H2. The lowest BCUT2D eigenvalue weighted by Gasteiger charge is -2.34. The topological polar surface area (TPSA) is 96.3 Å². The number of nitrogens with zero attached hydrogens (tertiary/aromatic N) is 3. The van der Waals surface area contributed by atoms with E-state index in [-0.39, 0.29) is 16.7 Å².